The normalized spacial score (nSPS) is 12.7. The fraction of sp³-hybridized carbons (Fsp3) is 0.333. The third-order valence-electron chi connectivity index (χ3n) is 3.01. The molecule has 2 aromatic rings. The molecular formula is C15H16BrClFNS. The van der Waals surface area contributed by atoms with Crippen LogP contribution in [0, 0.1) is 12.7 Å². The maximum absolute atomic E-state index is 14.2. The number of hydrogen-bond acceptors (Lipinski definition) is 2. The van der Waals surface area contributed by atoms with Crippen LogP contribution in [0.3, 0.4) is 0 Å². The second-order valence-corrected chi connectivity index (χ2v) is 7.49. The average Bonchev–Trinajstić information content (AvgIpc) is 2.74. The summed E-state index contributed by atoms with van der Waals surface area (Å²) in [4.78, 5) is 1.01. The van der Waals surface area contributed by atoms with Crippen LogP contribution in [0.1, 0.15) is 35.4 Å². The first kappa shape index (κ1) is 16.0. The zero-order valence-electron chi connectivity index (χ0n) is 11.3. The highest BCUT2D eigenvalue weighted by molar-refractivity contribution is 9.11. The third kappa shape index (κ3) is 3.61. The molecule has 0 saturated heterocycles. The van der Waals surface area contributed by atoms with Crippen LogP contribution in [0.4, 0.5) is 4.39 Å². The number of aryl methyl sites for hydroxylation is 1. The van der Waals surface area contributed by atoms with Crippen molar-refractivity contribution in [2.45, 2.75) is 26.3 Å². The van der Waals surface area contributed by atoms with Crippen molar-refractivity contribution in [2.75, 3.05) is 6.54 Å². The summed E-state index contributed by atoms with van der Waals surface area (Å²) in [5, 5.41) is 4.07. The van der Waals surface area contributed by atoms with Crippen LogP contribution in [-0.4, -0.2) is 6.54 Å². The van der Waals surface area contributed by atoms with E-state index < -0.39 is 0 Å². The predicted octanol–water partition coefficient (Wildman–Crippen LogP) is 5.70. The maximum atomic E-state index is 14.2. The van der Waals surface area contributed by atoms with Crippen molar-refractivity contribution >= 4 is 38.9 Å². The molecule has 1 nitrogen and oxygen atoms in total. The molecule has 5 heteroatoms. The first-order chi connectivity index (χ1) is 9.52. The van der Waals surface area contributed by atoms with Gasteiger partial charge in [0, 0.05) is 10.4 Å². The first-order valence-electron chi connectivity index (χ1n) is 6.47. The first-order valence-corrected chi connectivity index (χ1v) is 8.45. The smallest absolute Gasteiger partial charge is 0.128 e. The van der Waals surface area contributed by atoms with Crippen molar-refractivity contribution in [3.8, 4) is 0 Å². The summed E-state index contributed by atoms with van der Waals surface area (Å²) in [5.74, 6) is -0.190. The summed E-state index contributed by atoms with van der Waals surface area (Å²) in [6, 6.07) is 6.93. The van der Waals surface area contributed by atoms with E-state index in [1.165, 1.54) is 17.4 Å². The fourth-order valence-electron chi connectivity index (χ4n) is 2.04. The van der Waals surface area contributed by atoms with Gasteiger partial charge in [0.1, 0.15) is 5.82 Å². The molecule has 0 aliphatic heterocycles. The average molecular weight is 377 g/mol. The monoisotopic (exact) mass is 375 g/mol. The Balaban J connectivity index is 2.43. The molecule has 0 bridgehead atoms. The predicted molar refractivity (Wildman–Crippen MR) is 88.3 cm³/mol. The Morgan fingerprint density at radius 1 is 1.40 bits per heavy atom. The largest absolute Gasteiger partial charge is 0.306 e. The molecule has 108 valence electrons. The molecule has 1 aromatic heterocycles. The highest BCUT2D eigenvalue weighted by Gasteiger charge is 2.20. The summed E-state index contributed by atoms with van der Waals surface area (Å²) in [6.07, 6.45) is 0.990. The van der Waals surface area contributed by atoms with Gasteiger partial charge in [0.05, 0.1) is 14.9 Å². The molecule has 0 saturated carbocycles. The zero-order chi connectivity index (χ0) is 14.7. The number of nitrogens with one attached hydrogen (secondary N) is 1. The molecule has 2 rings (SSSR count). The van der Waals surface area contributed by atoms with Crippen molar-refractivity contribution in [3.63, 3.8) is 0 Å². The Morgan fingerprint density at radius 2 is 2.15 bits per heavy atom. The topological polar surface area (TPSA) is 12.0 Å². The van der Waals surface area contributed by atoms with E-state index in [-0.39, 0.29) is 11.9 Å². The van der Waals surface area contributed by atoms with Gasteiger partial charge in [0.2, 0.25) is 0 Å². The number of rotatable bonds is 5. The number of hydrogen-bond donors (Lipinski definition) is 1. The molecule has 20 heavy (non-hydrogen) atoms. The van der Waals surface area contributed by atoms with Gasteiger partial charge in [0.25, 0.3) is 0 Å². The molecule has 1 atom stereocenters. The second-order valence-electron chi connectivity index (χ2n) is 4.68. The lowest BCUT2D eigenvalue weighted by atomic mass is 10.0. The van der Waals surface area contributed by atoms with Gasteiger partial charge in [0.15, 0.2) is 0 Å². The van der Waals surface area contributed by atoms with Crippen LogP contribution in [0.15, 0.2) is 28.1 Å². The number of thiophene rings is 1. The standard InChI is InChI=1S/C15H16BrClFNS/c1-3-6-19-14(13-8-11(17)15(16)20-13)10-7-9(2)4-5-12(10)18/h4-5,7-8,14,19H,3,6H2,1-2H3. The number of halogens is 3. The minimum absolute atomic E-state index is 0.163. The molecule has 0 aliphatic rings. The molecular weight excluding hydrogens is 361 g/mol. The van der Waals surface area contributed by atoms with Gasteiger partial charge in [-0.15, -0.1) is 11.3 Å². The Bertz CT molecular complexity index is 580. The van der Waals surface area contributed by atoms with Crippen LogP contribution in [0.25, 0.3) is 0 Å². The van der Waals surface area contributed by atoms with Crippen molar-refractivity contribution in [1.82, 2.24) is 5.32 Å². The molecule has 0 radical (unpaired) electrons. The zero-order valence-corrected chi connectivity index (χ0v) is 14.5. The molecule has 1 heterocycles. The second kappa shape index (κ2) is 7.03. The maximum Gasteiger partial charge on any atom is 0.128 e. The molecule has 1 unspecified atom stereocenters. The summed E-state index contributed by atoms with van der Waals surface area (Å²) in [5.41, 5.74) is 1.72. The van der Waals surface area contributed by atoms with Gasteiger partial charge in [-0.1, -0.05) is 36.2 Å². The quantitative estimate of drug-likeness (QED) is 0.705. The highest BCUT2D eigenvalue weighted by Crippen LogP contribution is 2.38. The molecule has 1 N–H and O–H groups in total. The van der Waals surface area contributed by atoms with E-state index in [4.69, 9.17) is 11.6 Å². The van der Waals surface area contributed by atoms with Crippen molar-refractivity contribution in [3.05, 3.63) is 54.9 Å². The summed E-state index contributed by atoms with van der Waals surface area (Å²) < 4.78 is 15.0. The summed E-state index contributed by atoms with van der Waals surface area (Å²) >= 11 is 11.1. The summed E-state index contributed by atoms with van der Waals surface area (Å²) in [7, 11) is 0. The van der Waals surface area contributed by atoms with Crippen molar-refractivity contribution in [2.24, 2.45) is 0 Å². The van der Waals surface area contributed by atoms with Gasteiger partial charge >= 0.3 is 0 Å². The van der Waals surface area contributed by atoms with Crippen LogP contribution in [-0.2, 0) is 0 Å². The van der Waals surface area contributed by atoms with E-state index in [9.17, 15) is 4.39 Å². The summed E-state index contributed by atoms with van der Waals surface area (Å²) in [6.45, 7) is 4.89. The van der Waals surface area contributed by atoms with Crippen LogP contribution in [0.2, 0.25) is 5.02 Å². The third-order valence-corrected chi connectivity index (χ3v) is 5.55. The molecule has 0 aliphatic carbocycles. The molecule has 0 spiro atoms. The van der Waals surface area contributed by atoms with E-state index in [1.54, 1.807) is 6.07 Å². The fourth-order valence-corrected chi connectivity index (χ4v) is 3.88. The SMILES string of the molecule is CCCNC(c1cc(Cl)c(Br)s1)c1cc(C)ccc1F. The lowest BCUT2D eigenvalue weighted by molar-refractivity contribution is 0.550. The van der Waals surface area contributed by atoms with Gasteiger partial charge in [-0.3, -0.25) is 0 Å². The van der Waals surface area contributed by atoms with Gasteiger partial charge < -0.3 is 5.32 Å². The molecule has 0 amide bonds. The van der Waals surface area contributed by atoms with Crippen molar-refractivity contribution < 1.29 is 4.39 Å². The van der Waals surface area contributed by atoms with E-state index in [1.807, 2.05) is 19.1 Å². The Hall–Kier alpha value is -0.420. The van der Waals surface area contributed by atoms with Crippen molar-refractivity contribution in [1.29, 1.82) is 0 Å². The molecule has 0 fully saturated rings. The minimum Gasteiger partial charge on any atom is -0.306 e. The molecule has 1 aromatic carbocycles. The lowest BCUT2D eigenvalue weighted by Gasteiger charge is -2.19. The van der Waals surface area contributed by atoms with Gasteiger partial charge in [-0.2, -0.15) is 0 Å². The van der Waals surface area contributed by atoms with E-state index in [2.05, 4.69) is 28.2 Å². The van der Waals surface area contributed by atoms with Crippen LogP contribution in [0.5, 0.6) is 0 Å². The van der Waals surface area contributed by atoms with Crippen LogP contribution >= 0.6 is 38.9 Å². The Kier molecular flexibility index (Phi) is 5.61. The Labute approximate surface area is 136 Å². The number of benzene rings is 1. The van der Waals surface area contributed by atoms with Gasteiger partial charge in [-0.25, -0.2) is 4.39 Å². The van der Waals surface area contributed by atoms with E-state index in [0.29, 0.717) is 10.6 Å². The van der Waals surface area contributed by atoms with E-state index >= 15 is 0 Å². The van der Waals surface area contributed by atoms with E-state index in [0.717, 1.165) is 27.2 Å². The highest BCUT2D eigenvalue weighted by atomic mass is 79.9. The van der Waals surface area contributed by atoms with Crippen LogP contribution < -0.4 is 5.32 Å². The minimum atomic E-state index is -0.190. The van der Waals surface area contributed by atoms with Gasteiger partial charge in [-0.05, 0) is 48.0 Å². The lowest BCUT2D eigenvalue weighted by Crippen LogP contribution is -2.23. The Morgan fingerprint density at radius 3 is 2.75 bits per heavy atom.